The highest BCUT2D eigenvalue weighted by atomic mass is 16.5. The van der Waals surface area contributed by atoms with Crippen molar-refractivity contribution in [2.45, 2.75) is 84.0 Å². The number of ether oxygens (including phenoxy) is 1. The number of hydrogen-bond acceptors (Lipinski definition) is 4. The molecule has 0 aliphatic carbocycles. The Morgan fingerprint density at radius 1 is 1.35 bits per heavy atom. The van der Waals surface area contributed by atoms with Gasteiger partial charge in [-0.15, -0.1) is 0 Å². The topological polar surface area (TPSA) is 79.5 Å². The van der Waals surface area contributed by atoms with Crippen LogP contribution in [0.15, 0.2) is 12.2 Å². The third-order valence-electron chi connectivity index (χ3n) is 5.26. The first-order valence-electron chi connectivity index (χ1n) is 9.81. The zero-order chi connectivity index (χ0) is 19.7. The van der Waals surface area contributed by atoms with E-state index in [1.54, 1.807) is 7.11 Å². The number of amides is 2. The fraction of sp³-hybridized carbons (Fsp3) is 0.800. The van der Waals surface area contributed by atoms with E-state index in [1.807, 2.05) is 26.8 Å². The molecule has 1 saturated heterocycles. The molecule has 0 bridgehead atoms. The Labute approximate surface area is 158 Å². The monoisotopic (exact) mass is 367 g/mol. The maximum absolute atomic E-state index is 12.5. The van der Waals surface area contributed by atoms with E-state index in [4.69, 9.17) is 4.74 Å². The smallest absolute Gasteiger partial charge is 0.237 e. The van der Waals surface area contributed by atoms with Gasteiger partial charge in [0.25, 0.3) is 0 Å². The molecular weight excluding hydrogens is 330 g/mol. The van der Waals surface area contributed by atoms with Crippen molar-refractivity contribution >= 4 is 11.8 Å². The van der Waals surface area contributed by atoms with E-state index in [0.717, 1.165) is 19.3 Å². The lowest BCUT2D eigenvalue weighted by Gasteiger charge is -2.41. The van der Waals surface area contributed by atoms with Crippen molar-refractivity contribution in [3.63, 3.8) is 0 Å². The molecule has 1 rings (SSSR count). The summed E-state index contributed by atoms with van der Waals surface area (Å²) in [5, 5.41) is 9.55. The predicted molar refractivity (Wildman–Crippen MR) is 105 cm³/mol. The first-order valence-corrected chi connectivity index (χ1v) is 9.81. The average molecular weight is 368 g/mol. The number of allylic oxidation sites excluding steroid dienone is 1. The van der Waals surface area contributed by atoms with E-state index in [-0.39, 0.29) is 35.9 Å². The summed E-state index contributed by atoms with van der Waals surface area (Å²) in [7, 11) is 1.69. The zero-order valence-corrected chi connectivity index (χ0v) is 17.2. The molecule has 150 valence electrons. The van der Waals surface area contributed by atoms with Gasteiger partial charge in [-0.2, -0.15) is 0 Å². The van der Waals surface area contributed by atoms with Crippen LogP contribution in [0.1, 0.15) is 60.3 Å². The lowest BCUT2D eigenvalue weighted by molar-refractivity contribution is -0.123. The molecule has 1 aliphatic rings. The lowest BCUT2D eigenvalue weighted by atomic mass is 9.81. The molecular formula is C20H37N3O3. The van der Waals surface area contributed by atoms with Crippen LogP contribution in [-0.4, -0.2) is 49.2 Å². The Hall–Kier alpha value is -1.40. The summed E-state index contributed by atoms with van der Waals surface area (Å²) >= 11 is 0. The van der Waals surface area contributed by atoms with E-state index in [2.05, 4.69) is 29.0 Å². The van der Waals surface area contributed by atoms with Crippen LogP contribution in [0, 0.1) is 5.92 Å². The van der Waals surface area contributed by atoms with Crippen LogP contribution in [0.2, 0.25) is 0 Å². The van der Waals surface area contributed by atoms with Crippen molar-refractivity contribution in [3.05, 3.63) is 12.2 Å². The number of hydrogen-bond donors (Lipinski definition) is 3. The van der Waals surface area contributed by atoms with Crippen LogP contribution in [0.4, 0.5) is 0 Å². The molecule has 3 N–H and O–H groups in total. The highest BCUT2D eigenvalue weighted by Crippen LogP contribution is 2.32. The molecule has 0 unspecified atom stereocenters. The fourth-order valence-corrected chi connectivity index (χ4v) is 3.91. The second kappa shape index (κ2) is 10.7. The fourth-order valence-electron chi connectivity index (χ4n) is 3.91. The first-order chi connectivity index (χ1) is 12.3. The van der Waals surface area contributed by atoms with Crippen molar-refractivity contribution in [1.82, 2.24) is 16.0 Å². The molecule has 2 amide bonds. The number of nitrogens with one attached hydrogen (secondary N) is 3. The largest absolute Gasteiger partial charge is 0.376 e. The average Bonchev–Trinajstić information content (AvgIpc) is 3.01. The quantitative estimate of drug-likeness (QED) is 0.517. The van der Waals surface area contributed by atoms with Crippen molar-refractivity contribution in [2.75, 3.05) is 13.7 Å². The van der Waals surface area contributed by atoms with Crippen LogP contribution in [-0.2, 0) is 14.3 Å². The first kappa shape index (κ1) is 22.6. The molecule has 1 fully saturated rings. The minimum absolute atomic E-state index is 0.0278. The van der Waals surface area contributed by atoms with Crippen LogP contribution < -0.4 is 16.0 Å². The highest BCUT2D eigenvalue weighted by molar-refractivity contribution is 5.82. The normalized spacial score (nSPS) is 26.5. The van der Waals surface area contributed by atoms with Crippen molar-refractivity contribution in [1.29, 1.82) is 0 Å². The molecule has 0 saturated carbocycles. The van der Waals surface area contributed by atoms with E-state index in [1.165, 1.54) is 6.92 Å². The molecule has 0 spiro atoms. The Morgan fingerprint density at radius 2 is 2.04 bits per heavy atom. The molecule has 0 radical (unpaired) electrons. The van der Waals surface area contributed by atoms with Gasteiger partial charge in [0.1, 0.15) is 0 Å². The Balaban J connectivity index is 3.11. The van der Waals surface area contributed by atoms with Crippen molar-refractivity contribution in [2.24, 2.45) is 5.92 Å². The Bertz CT molecular complexity index is 495. The number of rotatable bonds is 10. The van der Waals surface area contributed by atoms with Crippen LogP contribution in [0.3, 0.4) is 0 Å². The molecule has 0 aromatic rings. The van der Waals surface area contributed by atoms with Gasteiger partial charge in [0.05, 0.1) is 17.7 Å². The lowest BCUT2D eigenvalue weighted by Crippen LogP contribution is -2.62. The second-order valence-corrected chi connectivity index (χ2v) is 7.41. The standard InChI is InChI=1S/C20H37N3O3/c1-7-10-15-13-16(19(25)21-12-9-3)23-17(15)18(22-14(4)24)20(5,26-6)11-8-2/h7,10,15-18,23H,8-9,11-13H2,1-6H3,(H,21,25)(H,22,24)/t15-,16-,17-,18-,20+/m1/s1. The third kappa shape index (κ3) is 5.81. The van der Waals surface area contributed by atoms with Gasteiger partial charge in [0, 0.05) is 26.6 Å². The maximum atomic E-state index is 12.5. The van der Waals surface area contributed by atoms with E-state index in [0.29, 0.717) is 13.0 Å². The predicted octanol–water partition coefficient (Wildman–Crippen LogP) is 2.15. The number of carbonyl (C=O) groups excluding carboxylic acids is 2. The Morgan fingerprint density at radius 3 is 2.54 bits per heavy atom. The minimum atomic E-state index is -0.507. The second-order valence-electron chi connectivity index (χ2n) is 7.41. The van der Waals surface area contributed by atoms with Crippen molar-refractivity contribution in [3.8, 4) is 0 Å². The van der Waals surface area contributed by atoms with E-state index < -0.39 is 5.60 Å². The molecule has 0 aromatic heterocycles. The van der Waals surface area contributed by atoms with Gasteiger partial charge in [0.2, 0.25) is 11.8 Å². The molecule has 1 aliphatic heterocycles. The summed E-state index contributed by atoms with van der Waals surface area (Å²) in [5.74, 6) is 0.0925. The highest BCUT2D eigenvalue weighted by Gasteiger charge is 2.47. The van der Waals surface area contributed by atoms with Gasteiger partial charge in [-0.3, -0.25) is 9.59 Å². The molecule has 6 nitrogen and oxygen atoms in total. The molecule has 1 heterocycles. The third-order valence-corrected chi connectivity index (χ3v) is 5.26. The van der Waals surface area contributed by atoms with Gasteiger partial charge in [-0.25, -0.2) is 0 Å². The molecule has 0 aromatic carbocycles. The molecule has 26 heavy (non-hydrogen) atoms. The minimum Gasteiger partial charge on any atom is -0.376 e. The van der Waals surface area contributed by atoms with Gasteiger partial charge in [-0.1, -0.05) is 32.4 Å². The summed E-state index contributed by atoms with van der Waals surface area (Å²) in [6.07, 6.45) is 7.53. The number of carbonyl (C=O) groups is 2. The SMILES string of the molecule is CC=C[C@@H]1C[C@H](C(=O)NCCC)N[C@H]1[C@@H](NC(C)=O)[C@](C)(CCC)OC. The Kier molecular flexibility index (Phi) is 9.30. The van der Waals surface area contributed by atoms with Gasteiger partial charge in [-0.05, 0) is 39.0 Å². The number of methoxy groups -OCH3 is 1. The molecule has 5 atom stereocenters. The van der Waals surface area contributed by atoms with Gasteiger partial charge >= 0.3 is 0 Å². The van der Waals surface area contributed by atoms with Crippen molar-refractivity contribution < 1.29 is 14.3 Å². The summed E-state index contributed by atoms with van der Waals surface area (Å²) < 4.78 is 5.86. The summed E-state index contributed by atoms with van der Waals surface area (Å²) in [5.41, 5.74) is -0.507. The van der Waals surface area contributed by atoms with Crippen LogP contribution in [0.25, 0.3) is 0 Å². The molecule has 6 heteroatoms. The summed E-state index contributed by atoms with van der Waals surface area (Å²) in [6.45, 7) is 10.4. The van der Waals surface area contributed by atoms with Crippen LogP contribution in [0.5, 0.6) is 0 Å². The van der Waals surface area contributed by atoms with E-state index in [9.17, 15) is 9.59 Å². The summed E-state index contributed by atoms with van der Waals surface area (Å²) in [4.78, 5) is 24.4. The van der Waals surface area contributed by atoms with Gasteiger partial charge < -0.3 is 20.7 Å². The summed E-state index contributed by atoms with van der Waals surface area (Å²) in [6, 6.07) is -0.550. The zero-order valence-electron chi connectivity index (χ0n) is 17.2. The van der Waals surface area contributed by atoms with E-state index >= 15 is 0 Å². The van der Waals surface area contributed by atoms with Crippen LogP contribution >= 0.6 is 0 Å². The maximum Gasteiger partial charge on any atom is 0.237 e. The van der Waals surface area contributed by atoms with Gasteiger partial charge in [0.15, 0.2) is 0 Å².